The number of ketones is 1. The fourth-order valence-electron chi connectivity index (χ4n) is 4.07. The number of carbonyl (C=O) groups excluding carboxylic acids is 2. The Morgan fingerprint density at radius 3 is 2.71 bits per heavy atom. The zero-order valence-electron chi connectivity index (χ0n) is 18.1. The second kappa shape index (κ2) is 9.25. The lowest BCUT2D eigenvalue weighted by atomic mass is 9.99. The number of amides is 1. The van der Waals surface area contributed by atoms with E-state index >= 15 is 0 Å². The third-order valence-corrected chi connectivity index (χ3v) is 6.21. The SMILES string of the molecule is O=C(N[C@H](CN1CCC1)[C@H](O)c1cc(F)c2c(c1)OCCO2)C(=O)c1cc2cc(Cl)ccc2o1. The molecule has 0 spiro atoms. The molecule has 0 saturated carbocycles. The summed E-state index contributed by atoms with van der Waals surface area (Å²) >= 11 is 5.97. The van der Waals surface area contributed by atoms with Gasteiger partial charge in [0, 0.05) is 17.0 Å². The molecule has 8 nitrogen and oxygen atoms in total. The van der Waals surface area contributed by atoms with Crippen LogP contribution >= 0.6 is 11.6 Å². The summed E-state index contributed by atoms with van der Waals surface area (Å²) in [4.78, 5) is 27.6. The molecule has 2 atom stereocenters. The molecule has 1 amide bonds. The van der Waals surface area contributed by atoms with Crippen LogP contribution in [-0.4, -0.2) is 60.6 Å². The highest BCUT2D eigenvalue weighted by Gasteiger charge is 2.32. The highest BCUT2D eigenvalue weighted by Crippen LogP contribution is 2.36. The first-order valence-electron chi connectivity index (χ1n) is 10.9. The second-order valence-electron chi connectivity index (χ2n) is 8.33. The number of aliphatic hydroxyl groups is 1. The van der Waals surface area contributed by atoms with Gasteiger partial charge in [-0.05, 0) is 61.5 Å². The van der Waals surface area contributed by atoms with E-state index in [-0.39, 0.29) is 42.6 Å². The van der Waals surface area contributed by atoms with Crippen molar-refractivity contribution in [2.45, 2.75) is 18.6 Å². The van der Waals surface area contributed by atoms with Crippen LogP contribution in [0.1, 0.15) is 28.6 Å². The maximum atomic E-state index is 14.5. The number of nitrogens with one attached hydrogen (secondary N) is 1. The number of benzene rings is 2. The largest absolute Gasteiger partial charge is 0.486 e. The van der Waals surface area contributed by atoms with Crippen LogP contribution in [0.4, 0.5) is 4.39 Å². The van der Waals surface area contributed by atoms with Crippen molar-refractivity contribution >= 4 is 34.3 Å². The Morgan fingerprint density at radius 2 is 1.94 bits per heavy atom. The van der Waals surface area contributed by atoms with E-state index in [0.29, 0.717) is 16.0 Å². The van der Waals surface area contributed by atoms with Gasteiger partial charge in [0.2, 0.25) is 0 Å². The molecule has 0 bridgehead atoms. The third kappa shape index (κ3) is 4.46. The molecular formula is C24H22ClFN2O6. The number of fused-ring (bicyclic) bond motifs is 2. The van der Waals surface area contributed by atoms with Crippen LogP contribution in [0.15, 0.2) is 40.8 Å². The minimum absolute atomic E-state index is 0.00862. The number of rotatable bonds is 7. The molecule has 3 aromatic rings. The number of furan rings is 1. The summed E-state index contributed by atoms with van der Waals surface area (Å²) in [6.07, 6.45) is -0.298. The van der Waals surface area contributed by atoms with Crippen molar-refractivity contribution in [3.8, 4) is 11.5 Å². The Hall–Kier alpha value is -3.14. The second-order valence-corrected chi connectivity index (χ2v) is 8.76. The summed E-state index contributed by atoms with van der Waals surface area (Å²) in [6.45, 7) is 2.37. The molecule has 1 aromatic heterocycles. The maximum absolute atomic E-state index is 14.5. The number of halogens is 2. The summed E-state index contributed by atoms with van der Waals surface area (Å²) in [5.74, 6) is -2.46. The van der Waals surface area contributed by atoms with E-state index in [1.807, 2.05) is 4.90 Å². The summed E-state index contributed by atoms with van der Waals surface area (Å²) < 4.78 is 30.8. The molecule has 0 aliphatic carbocycles. The van der Waals surface area contributed by atoms with E-state index in [2.05, 4.69) is 5.32 Å². The molecule has 2 aliphatic rings. The predicted octanol–water partition coefficient (Wildman–Crippen LogP) is 3.10. The molecular weight excluding hydrogens is 467 g/mol. The molecule has 5 rings (SSSR count). The number of nitrogens with zero attached hydrogens (tertiary/aromatic N) is 1. The highest BCUT2D eigenvalue weighted by atomic mass is 35.5. The first-order valence-corrected chi connectivity index (χ1v) is 11.3. The molecule has 0 radical (unpaired) electrons. The van der Waals surface area contributed by atoms with Gasteiger partial charge in [-0.3, -0.25) is 9.59 Å². The van der Waals surface area contributed by atoms with Gasteiger partial charge < -0.3 is 29.2 Å². The molecule has 178 valence electrons. The fourth-order valence-corrected chi connectivity index (χ4v) is 4.25. The highest BCUT2D eigenvalue weighted by molar-refractivity contribution is 6.42. The minimum atomic E-state index is -1.29. The number of aliphatic hydroxyl groups excluding tert-OH is 1. The van der Waals surface area contributed by atoms with Gasteiger partial charge in [0.15, 0.2) is 23.1 Å². The Balaban J connectivity index is 1.37. The van der Waals surface area contributed by atoms with Crippen molar-refractivity contribution in [2.24, 2.45) is 0 Å². The van der Waals surface area contributed by atoms with Crippen LogP contribution in [0.2, 0.25) is 5.02 Å². The number of Topliss-reactive ketones (excluding diaryl/α,β-unsaturated/α-hetero) is 1. The number of hydrogen-bond donors (Lipinski definition) is 2. The summed E-state index contributed by atoms with van der Waals surface area (Å²) in [5.41, 5.74) is 0.628. The van der Waals surface area contributed by atoms with Crippen molar-refractivity contribution in [1.29, 1.82) is 0 Å². The zero-order chi connectivity index (χ0) is 23.8. The van der Waals surface area contributed by atoms with Crippen molar-refractivity contribution < 1.29 is 33.0 Å². The van der Waals surface area contributed by atoms with E-state index in [9.17, 15) is 19.1 Å². The van der Waals surface area contributed by atoms with Crippen LogP contribution in [0, 0.1) is 5.82 Å². The first kappa shape index (κ1) is 22.6. The monoisotopic (exact) mass is 488 g/mol. The van der Waals surface area contributed by atoms with Crippen LogP contribution in [0.5, 0.6) is 11.5 Å². The molecule has 2 N–H and O–H groups in total. The Labute approximate surface area is 199 Å². The van der Waals surface area contributed by atoms with Gasteiger partial charge in [0.25, 0.3) is 11.7 Å². The molecule has 3 heterocycles. The van der Waals surface area contributed by atoms with E-state index in [1.165, 1.54) is 12.1 Å². The minimum Gasteiger partial charge on any atom is -0.486 e. The van der Waals surface area contributed by atoms with Gasteiger partial charge in [-0.25, -0.2) is 4.39 Å². The predicted molar refractivity (Wildman–Crippen MR) is 121 cm³/mol. The normalized spacial score (nSPS) is 17.1. The quantitative estimate of drug-likeness (QED) is 0.389. The summed E-state index contributed by atoms with van der Waals surface area (Å²) in [6, 6.07) is 8.06. The fraction of sp³-hybridized carbons (Fsp3) is 0.333. The molecule has 1 saturated heterocycles. The lowest BCUT2D eigenvalue weighted by Gasteiger charge is -2.36. The average Bonchev–Trinajstić information content (AvgIpc) is 3.22. The zero-order valence-corrected chi connectivity index (χ0v) is 18.8. The van der Waals surface area contributed by atoms with E-state index in [0.717, 1.165) is 25.6 Å². The summed E-state index contributed by atoms with van der Waals surface area (Å²) in [7, 11) is 0. The van der Waals surface area contributed by atoms with Gasteiger partial charge in [-0.2, -0.15) is 0 Å². The molecule has 2 aliphatic heterocycles. The van der Waals surface area contributed by atoms with Crippen LogP contribution in [-0.2, 0) is 4.79 Å². The number of carbonyl (C=O) groups is 2. The van der Waals surface area contributed by atoms with Gasteiger partial charge in [0.05, 0.1) is 6.04 Å². The van der Waals surface area contributed by atoms with Crippen LogP contribution in [0.25, 0.3) is 11.0 Å². The molecule has 34 heavy (non-hydrogen) atoms. The van der Waals surface area contributed by atoms with Crippen molar-refractivity contribution in [2.75, 3.05) is 32.8 Å². The topological polar surface area (TPSA) is 101 Å². The molecule has 10 heteroatoms. The van der Waals surface area contributed by atoms with Gasteiger partial charge in [-0.15, -0.1) is 0 Å². The Morgan fingerprint density at radius 1 is 1.15 bits per heavy atom. The lowest BCUT2D eigenvalue weighted by Crippen LogP contribution is -2.52. The van der Waals surface area contributed by atoms with Gasteiger partial charge in [-0.1, -0.05) is 11.6 Å². The summed E-state index contributed by atoms with van der Waals surface area (Å²) in [5, 5.41) is 14.7. The van der Waals surface area contributed by atoms with Gasteiger partial charge in [0.1, 0.15) is 24.9 Å². The third-order valence-electron chi connectivity index (χ3n) is 5.97. The van der Waals surface area contributed by atoms with Crippen molar-refractivity contribution in [3.05, 3.63) is 58.6 Å². The smallest absolute Gasteiger partial charge is 0.296 e. The van der Waals surface area contributed by atoms with Gasteiger partial charge >= 0.3 is 0 Å². The Bertz CT molecular complexity index is 1260. The number of likely N-dealkylation sites (tertiary alicyclic amines) is 1. The van der Waals surface area contributed by atoms with Crippen molar-refractivity contribution in [3.63, 3.8) is 0 Å². The Kier molecular flexibility index (Phi) is 6.16. The van der Waals surface area contributed by atoms with E-state index < -0.39 is 29.7 Å². The van der Waals surface area contributed by atoms with Crippen molar-refractivity contribution in [1.82, 2.24) is 10.2 Å². The van der Waals surface area contributed by atoms with E-state index in [1.54, 1.807) is 18.2 Å². The molecule has 2 aromatic carbocycles. The first-order chi connectivity index (χ1) is 16.4. The number of hydrogen-bond acceptors (Lipinski definition) is 7. The standard InChI is InChI=1S/C24H22ClFN2O6/c25-15-2-3-18-13(8-15)10-19(34-18)22(30)24(31)27-17(12-28-4-1-5-28)21(29)14-9-16(26)23-20(11-14)32-6-7-33-23/h2-3,8-11,17,21,29H,1,4-7,12H2,(H,27,31)/t17-,21-/m1/s1. The van der Waals surface area contributed by atoms with Crippen LogP contribution < -0.4 is 14.8 Å². The molecule has 1 fully saturated rings. The molecule has 0 unspecified atom stereocenters. The van der Waals surface area contributed by atoms with Crippen LogP contribution in [0.3, 0.4) is 0 Å². The number of ether oxygens (including phenoxy) is 2. The lowest BCUT2D eigenvalue weighted by molar-refractivity contribution is -0.119. The van der Waals surface area contributed by atoms with E-state index in [4.69, 9.17) is 25.5 Å². The average molecular weight is 489 g/mol. The maximum Gasteiger partial charge on any atom is 0.296 e.